The lowest BCUT2D eigenvalue weighted by atomic mass is 10.1. The van der Waals surface area contributed by atoms with E-state index in [-0.39, 0.29) is 0 Å². The van der Waals surface area contributed by atoms with Gasteiger partial charge in [0.1, 0.15) is 4.34 Å². The molecule has 0 saturated carbocycles. The van der Waals surface area contributed by atoms with E-state index in [2.05, 4.69) is 59.8 Å². The van der Waals surface area contributed by atoms with Gasteiger partial charge in [-0.05, 0) is 37.7 Å². The number of anilines is 1. The number of benzene rings is 1. The van der Waals surface area contributed by atoms with Gasteiger partial charge in [-0.15, -0.1) is 11.3 Å². The van der Waals surface area contributed by atoms with Crippen LogP contribution < -0.4 is 4.90 Å². The van der Waals surface area contributed by atoms with Gasteiger partial charge in [-0.25, -0.2) is 4.98 Å². The van der Waals surface area contributed by atoms with Crippen LogP contribution in [0.4, 0.5) is 5.69 Å². The van der Waals surface area contributed by atoms with Crippen molar-refractivity contribution in [1.82, 2.24) is 9.88 Å². The summed E-state index contributed by atoms with van der Waals surface area (Å²) in [4.78, 5) is 11.3. The third-order valence-electron chi connectivity index (χ3n) is 4.62. The summed E-state index contributed by atoms with van der Waals surface area (Å²) in [7, 11) is 0. The van der Waals surface area contributed by atoms with Crippen LogP contribution in [0, 0.1) is 13.8 Å². The van der Waals surface area contributed by atoms with Crippen molar-refractivity contribution in [2.75, 3.05) is 43.4 Å². The van der Waals surface area contributed by atoms with Crippen molar-refractivity contribution in [3.8, 4) is 0 Å². The van der Waals surface area contributed by atoms with Crippen LogP contribution in [-0.2, 0) is 6.42 Å². The van der Waals surface area contributed by atoms with Crippen molar-refractivity contribution in [2.45, 2.75) is 31.5 Å². The van der Waals surface area contributed by atoms with Gasteiger partial charge in [0, 0.05) is 43.3 Å². The summed E-state index contributed by atoms with van der Waals surface area (Å²) in [6.45, 7) is 12.3. The highest BCUT2D eigenvalue weighted by Crippen LogP contribution is 2.27. The molecule has 0 radical (unpaired) electrons. The van der Waals surface area contributed by atoms with Crippen molar-refractivity contribution in [2.24, 2.45) is 0 Å². The Bertz CT molecular complexity index is 660. The molecule has 3 rings (SSSR count). The topological polar surface area (TPSA) is 19.4 Å². The van der Waals surface area contributed by atoms with Crippen molar-refractivity contribution < 1.29 is 0 Å². The zero-order valence-electron chi connectivity index (χ0n) is 14.9. The second kappa shape index (κ2) is 8.37. The highest BCUT2D eigenvalue weighted by Gasteiger charge is 2.18. The van der Waals surface area contributed by atoms with Crippen molar-refractivity contribution in [3.63, 3.8) is 0 Å². The average Bonchev–Trinajstić information content (AvgIpc) is 2.94. The van der Waals surface area contributed by atoms with E-state index in [0.29, 0.717) is 0 Å². The molecule has 130 valence electrons. The van der Waals surface area contributed by atoms with E-state index in [9.17, 15) is 0 Å². The van der Waals surface area contributed by atoms with Gasteiger partial charge in [-0.1, -0.05) is 36.9 Å². The Morgan fingerprint density at radius 2 is 1.88 bits per heavy atom. The maximum atomic E-state index is 4.68. The summed E-state index contributed by atoms with van der Waals surface area (Å²) in [5.74, 6) is 1.10. The average molecular weight is 362 g/mol. The summed E-state index contributed by atoms with van der Waals surface area (Å²) in [6.07, 6.45) is 1.14. The first kappa shape index (κ1) is 17.8. The third-order valence-corrected chi connectivity index (χ3v) is 6.87. The monoisotopic (exact) mass is 361 g/mol. The van der Waals surface area contributed by atoms with Crippen LogP contribution in [0.25, 0.3) is 0 Å². The summed E-state index contributed by atoms with van der Waals surface area (Å²) >= 11 is 3.74. The Labute approximate surface area is 154 Å². The fourth-order valence-electron chi connectivity index (χ4n) is 3.21. The fraction of sp³-hybridized carbons (Fsp3) is 0.526. The van der Waals surface area contributed by atoms with Gasteiger partial charge < -0.3 is 4.90 Å². The van der Waals surface area contributed by atoms with Gasteiger partial charge in [-0.2, -0.15) is 0 Å². The molecule has 0 aliphatic carbocycles. The predicted octanol–water partition coefficient (Wildman–Crippen LogP) is 4.24. The minimum absolute atomic E-state index is 1.10. The summed E-state index contributed by atoms with van der Waals surface area (Å²) in [5, 5.41) is 0. The number of hydrogen-bond donors (Lipinski definition) is 0. The summed E-state index contributed by atoms with van der Waals surface area (Å²) < 4.78 is 1.23. The van der Waals surface area contributed by atoms with E-state index in [1.807, 2.05) is 23.1 Å². The molecule has 1 aromatic heterocycles. The zero-order chi connectivity index (χ0) is 16.9. The molecule has 1 aromatic carbocycles. The number of thiazole rings is 1. The largest absolute Gasteiger partial charge is 0.369 e. The maximum Gasteiger partial charge on any atom is 0.150 e. The molecule has 3 nitrogen and oxygen atoms in total. The maximum absolute atomic E-state index is 4.68. The van der Waals surface area contributed by atoms with Crippen LogP contribution in [-0.4, -0.2) is 48.4 Å². The summed E-state index contributed by atoms with van der Waals surface area (Å²) in [6, 6.07) is 8.73. The molecular formula is C19H27N3S2. The van der Waals surface area contributed by atoms with Crippen LogP contribution >= 0.6 is 23.1 Å². The van der Waals surface area contributed by atoms with Gasteiger partial charge in [0.15, 0.2) is 0 Å². The molecule has 1 aliphatic heterocycles. The van der Waals surface area contributed by atoms with E-state index >= 15 is 0 Å². The van der Waals surface area contributed by atoms with E-state index < -0.39 is 0 Å². The Hall–Kier alpha value is -1.04. The number of hydrogen-bond acceptors (Lipinski definition) is 5. The lowest BCUT2D eigenvalue weighted by molar-refractivity contribution is 0.261. The highest BCUT2D eigenvalue weighted by molar-refractivity contribution is 8.01. The second-order valence-corrected chi connectivity index (χ2v) is 8.88. The number of rotatable bonds is 6. The number of aromatic nitrogens is 1. The Kier molecular flexibility index (Phi) is 6.19. The molecule has 5 heteroatoms. The van der Waals surface area contributed by atoms with Gasteiger partial charge in [0.2, 0.25) is 0 Å². The van der Waals surface area contributed by atoms with Crippen molar-refractivity contribution in [3.05, 3.63) is 40.4 Å². The van der Waals surface area contributed by atoms with Crippen molar-refractivity contribution in [1.29, 1.82) is 0 Å². The molecule has 0 bridgehead atoms. The van der Waals surface area contributed by atoms with Gasteiger partial charge in [0.25, 0.3) is 0 Å². The molecule has 0 amide bonds. The normalized spacial score (nSPS) is 15.9. The molecule has 0 N–H and O–H groups in total. The number of para-hydroxylation sites is 1. The van der Waals surface area contributed by atoms with E-state index in [0.717, 1.165) is 44.9 Å². The molecule has 0 atom stereocenters. The van der Waals surface area contributed by atoms with E-state index in [1.54, 1.807) is 0 Å². The van der Waals surface area contributed by atoms with Crippen LogP contribution in [0.2, 0.25) is 0 Å². The van der Waals surface area contributed by atoms with E-state index in [4.69, 9.17) is 0 Å². The lowest BCUT2D eigenvalue weighted by Crippen LogP contribution is -2.47. The zero-order valence-corrected chi connectivity index (χ0v) is 16.6. The number of aryl methyl sites for hydroxylation is 2. The smallest absolute Gasteiger partial charge is 0.150 e. The van der Waals surface area contributed by atoms with Gasteiger partial charge in [0.05, 0.1) is 5.69 Å². The molecule has 2 heterocycles. The fourth-order valence-corrected chi connectivity index (χ4v) is 5.33. The highest BCUT2D eigenvalue weighted by atomic mass is 32.2. The van der Waals surface area contributed by atoms with Crippen molar-refractivity contribution >= 4 is 28.8 Å². The Morgan fingerprint density at radius 3 is 2.58 bits per heavy atom. The Balaban J connectivity index is 1.50. The van der Waals surface area contributed by atoms with Crippen LogP contribution in [0.3, 0.4) is 0 Å². The van der Waals surface area contributed by atoms with Gasteiger partial charge in [-0.3, -0.25) is 4.90 Å². The SMILES string of the molecule is CCSc1nc(C)c(CCN2CCN(c3ccccc3C)CC2)s1. The minimum atomic E-state index is 1.10. The molecular weight excluding hydrogens is 334 g/mol. The molecule has 0 spiro atoms. The molecule has 0 unspecified atom stereocenters. The quantitative estimate of drug-likeness (QED) is 0.717. The first-order valence-corrected chi connectivity index (χ1v) is 10.6. The molecule has 2 aromatic rings. The molecule has 1 saturated heterocycles. The first-order valence-electron chi connectivity index (χ1n) is 8.79. The van der Waals surface area contributed by atoms with Crippen LogP contribution in [0.15, 0.2) is 28.6 Å². The number of nitrogens with zero attached hydrogens (tertiary/aromatic N) is 3. The predicted molar refractivity (Wildman–Crippen MR) is 107 cm³/mol. The van der Waals surface area contributed by atoms with Crippen LogP contribution in [0.1, 0.15) is 23.1 Å². The minimum Gasteiger partial charge on any atom is -0.369 e. The molecule has 24 heavy (non-hydrogen) atoms. The standard InChI is InChI=1S/C19H27N3S2/c1-4-23-19-20-16(3)18(24-19)9-10-21-11-13-22(14-12-21)17-8-6-5-7-15(17)2/h5-8H,4,9-14H2,1-3H3. The van der Waals surface area contributed by atoms with E-state index in [1.165, 1.54) is 26.2 Å². The third kappa shape index (κ3) is 4.32. The number of thioether (sulfide) groups is 1. The second-order valence-electron chi connectivity index (χ2n) is 6.29. The molecule has 1 fully saturated rings. The number of piperazine rings is 1. The Morgan fingerprint density at radius 1 is 1.12 bits per heavy atom. The lowest BCUT2D eigenvalue weighted by Gasteiger charge is -2.36. The first-order chi connectivity index (χ1) is 11.7. The summed E-state index contributed by atoms with van der Waals surface area (Å²) in [5.41, 5.74) is 4.01. The molecule has 1 aliphatic rings. The van der Waals surface area contributed by atoms with Crippen LogP contribution in [0.5, 0.6) is 0 Å². The van der Waals surface area contributed by atoms with Gasteiger partial charge >= 0.3 is 0 Å².